The SMILES string of the molecule is CCCNC(=O)c1nn(CC)cc1NC(=O)c1ccc2c(c1)OCO2. The average Bonchev–Trinajstić information content (AvgIpc) is 3.25. The van der Waals surface area contributed by atoms with Crippen LogP contribution < -0.4 is 20.1 Å². The van der Waals surface area contributed by atoms with Crippen LogP contribution in [0, 0.1) is 0 Å². The predicted octanol–water partition coefficient (Wildman–Crippen LogP) is 2.02. The van der Waals surface area contributed by atoms with Crippen LogP contribution in [0.2, 0.25) is 0 Å². The van der Waals surface area contributed by atoms with E-state index in [9.17, 15) is 9.59 Å². The highest BCUT2D eigenvalue weighted by molar-refractivity contribution is 6.08. The van der Waals surface area contributed by atoms with E-state index in [1.165, 1.54) is 0 Å². The Kier molecular flexibility index (Phi) is 4.87. The van der Waals surface area contributed by atoms with Crippen LogP contribution in [0.3, 0.4) is 0 Å². The van der Waals surface area contributed by atoms with Crippen molar-refractivity contribution in [3.63, 3.8) is 0 Å². The van der Waals surface area contributed by atoms with Crippen LogP contribution in [0.4, 0.5) is 5.69 Å². The number of aromatic nitrogens is 2. The van der Waals surface area contributed by atoms with Gasteiger partial charge in [0.05, 0.1) is 5.69 Å². The average molecular weight is 344 g/mol. The van der Waals surface area contributed by atoms with Crippen LogP contribution in [0.25, 0.3) is 0 Å². The highest BCUT2D eigenvalue weighted by atomic mass is 16.7. The van der Waals surface area contributed by atoms with E-state index in [1.54, 1.807) is 29.1 Å². The maximum Gasteiger partial charge on any atom is 0.273 e. The van der Waals surface area contributed by atoms with Crippen molar-refractivity contribution < 1.29 is 19.1 Å². The third-order valence-electron chi connectivity index (χ3n) is 3.72. The van der Waals surface area contributed by atoms with Crippen molar-refractivity contribution in [3.8, 4) is 11.5 Å². The largest absolute Gasteiger partial charge is 0.454 e. The standard InChI is InChI=1S/C17H20N4O4/c1-3-7-18-17(23)15-12(9-21(4-2)20-15)19-16(22)11-5-6-13-14(8-11)25-10-24-13/h5-6,8-9H,3-4,7,10H2,1-2H3,(H,18,23)(H,19,22). The molecule has 0 saturated carbocycles. The van der Waals surface area contributed by atoms with E-state index in [-0.39, 0.29) is 24.3 Å². The first-order valence-electron chi connectivity index (χ1n) is 8.19. The number of rotatable bonds is 6. The summed E-state index contributed by atoms with van der Waals surface area (Å²) in [5, 5.41) is 9.75. The molecule has 0 radical (unpaired) electrons. The molecule has 0 saturated heterocycles. The second-order valence-electron chi connectivity index (χ2n) is 5.53. The van der Waals surface area contributed by atoms with Crippen molar-refractivity contribution in [1.29, 1.82) is 0 Å². The Hall–Kier alpha value is -3.03. The van der Waals surface area contributed by atoms with E-state index in [0.29, 0.717) is 35.8 Å². The van der Waals surface area contributed by atoms with Crippen LogP contribution in [0.15, 0.2) is 24.4 Å². The van der Waals surface area contributed by atoms with Gasteiger partial charge in [-0.25, -0.2) is 0 Å². The molecule has 1 aromatic heterocycles. The number of hydrogen-bond acceptors (Lipinski definition) is 5. The van der Waals surface area contributed by atoms with Gasteiger partial charge >= 0.3 is 0 Å². The van der Waals surface area contributed by atoms with Crippen molar-refractivity contribution in [2.45, 2.75) is 26.8 Å². The molecule has 0 spiro atoms. The molecule has 8 heteroatoms. The van der Waals surface area contributed by atoms with E-state index in [0.717, 1.165) is 6.42 Å². The molecule has 2 aromatic rings. The zero-order valence-electron chi connectivity index (χ0n) is 14.2. The summed E-state index contributed by atoms with van der Waals surface area (Å²) in [5.41, 5.74) is 0.982. The van der Waals surface area contributed by atoms with Gasteiger partial charge in [-0.05, 0) is 31.5 Å². The monoisotopic (exact) mass is 344 g/mol. The summed E-state index contributed by atoms with van der Waals surface area (Å²) in [6, 6.07) is 4.93. The van der Waals surface area contributed by atoms with Crippen molar-refractivity contribution in [2.24, 2.45) is 0 Å². The number of carbonyl (C=O) groups is 2. The first-order chi connectivity index (χ1) is 12.1. The first-order valence-corrected chi connectivity index (χ1v) is 8.19. The van der Waals surface area contributed by atoms with E-state index in [1.807, 2.05) is 13.8 Å². The zero-order chi connectivity index (χ0) is 17.8. The molecule has 132 valence electrons. The van der Waals surface area contributed by atoms with Gasteiger partial charge in [0.1, 0.15) is 0 Å². The molecule has 2 heterocycles. The lowest BCUT2D eigenvalue weighted by molar-refractivity contribution is 0.0948. The molecule has 0 fully saturated rings. The molecule has 8 nitrogen and oxygen atoms in total. The molecular weight excluding hydrogens is 324 g/mol. The summed E-state index contributed by atoms with van der Waals surface area (Å²) in [6.07, 6.45) is 2.46. The van der Waals surface area contributed by atoms with Gasteiger partial charge < -0.3 is 20.1 Å². The summed E-state index contributed by atoms with van der Waals surface area (Å²) >= 11 is 0. The highest BCUT2D eigenvalue weighted by Gasteiger charge is 2.20. The Morgan fingerprint density at radius 1 is 1.20 bits per heavy atom. The highest BCUT2D eigenvalue weighted by Crippen LogP contribution is 2.32. The van der Waals surface area contributed by atoms with Gasteiger partial charge in [0.2, 0.25) is 6.79 Å². The quantitative estimate of drug-likeness (QED) is 0.836. The molecule has 0 aliphatic carbocycles. The van der Waals surface area contributed by atoms with Gasteiger partial charge in [-0.3, -0.25) is 14.3 Å². The molecule has 3 rings (SSSR count). The van der Waals surface area contributed by atoms with Crippen LogP contribution in [-0.2, 0) is 6.54 Å². The van der Waals surface area contributed by atoms with Crippen molar-refractivity contribution >= 4 is 17.5 Å². The van der Waals surface area contributed by atoms with Gasteiger partial charge in [0.25, 0.3) is 11.8 Å². The summed E-state index contributed by atoms with van der Waals surface area (Å²) in [6.45, 7) is 5.16. The molecule has 1 aliphatic rings. The summed E-state index contributed by atoms with van der Waals surface area (Å²) in [5.74, 6) is 0.473. The molecule has 1 aliphatic heterocycles. The number of anilines is 1. The Balaban J connectivity index is 1.80. The van der Waals surface area contributed by atoms with Gasteiger partial charge in [-0.1, -0.05) is 6.92 Å². The summed E-state index contributed by atoms with van der Waals surface area (Å²) < 4.78 is 12.1. The fraction of sp³-hybridized carbons (Fsp3) is 0.353. The van der Waals surface area contributed by atoms with E-state index >= 15 is 0 Å². The summed E-state index contributed by atoms with van der Waals surface area (Å²) in [7, 11) is 0. The smallest absolute Gasteiger partial charge is 0.273 e. The third kappa shape index (κ3) is 3.57. The molecule has 0 unspecified atom stereocenters. The number of ether oxygens (including phenoxy) is 2. The number of carbonyl (C=O) groups excluding carboxylic acids is 2. The van der Waals surface area contributed by atoms with Crippen molar-refractivity contribution in [3.05, 3.63) is 35.7 Å². The summed E-state index contributed by atoms with van der Waals surface area (Å²) in [4.78, 5) is 24.8. The maximum absolute atomic E-state index is 12.5. The van der Waals surface area contributed by atoms with E-state index < -0.39 is 0 Å². The van der Waals surface area contributed by atoms with Gasteiger partial charge in [-0.2, -0.15) is 5.10 Å². The molecule has 1 aromatic carbocycles. The minimum atomic E-state index is -0.349. The third-order valence-corrected chi connectivity index (χ3v) is 3.72. The number of nitrogens with zero attached hydrogens (tertiary/aromatic N) is 2. The lowest BCUT2D eigenvalue weighted by atomic mass is 10.2. The van der Waals surface area contributed by atoms with Crippen LogP contribution in [0.5, 0.6) is 11.5 Å². The van der Waals surface area contributed by atoms with Crippen LogP contribution in [-0.4, -0.2) is 34.9 Å². The number of amides is 2. The first kappa shape index (κ1) is 16.8. The second-order valence-corrected chi connectivity index (χ2v) is 5.53. The molecule has 2 N–H and O–H groups in total. The lowest BCUT2D eigenvalue weighted by Gasteiger charge is -2.06. The predicted molar refractivity (Wildman–Crippen MR) is 91.0 cm³/mol. The number of aryl methyl sites for hydroxylation is 1. The van der Waals surface area contributed by atoms with Crippen LogP contribution in [0.1, 0.15) is 41.1 Å². The Bertz CT molecular complexity index is 800. The molecular formula is C17H20N4O4. The van der Waals surface area contributed by atoms with Gasteiger partial charge in [0.15, 0.2) is 17.2 Å². The van der Waals surface area contributed by atoms with E-state index in [4.69, 9.17) is 9.47 Å². The van der Waals surface area contributed by atoms with Gasteiger partial charge in [-0.15, -0.1) is 0 Å². The minimum absolute atomic E-state index is 0.144. The topological polar surface area (TPSA) is 94.5 Å². The zero-order valence-corrected chi connectivity index (χ0v) is 14.2. The minimum Gasteiger partial charge on any atom is -0.454 e. The fourth-order valence-electron chi connectivity index (χ4n) is 2.40. The molecule has 2 amide bonds. The number of fused-ring (bicyclic) bond motifs is 1. The van der Waals surface area contributed by atoms with Crippen molar-refractivity contribution in [2.75, 3.05) is 18.7 Å². The lowest BCUT2D eigenvalue weighted by Crippen LogP contribution is -2.26. The number of hydrogen-bond donors (Lipinski definition) is 2. The van der Waals surface area contributed by atoms with Crippen molar-refractivity contribution in [1.82, 2.24) is 15.1 Å². The molecule has 25 heavy (non-hydrogen) atoms. The number of benzene rings is 1. The maximum atomic E-state index is 12.5. The molecule has 0 bridgehead atoms. The fourth-order valence-corrected chi connectivity index (χ4v) is 2.40. The van der Waals surface area contributed by atoms with E-state index in [2.05, 4.69) is 15.7 Å². The Morgan fingerprint density at radius 3 is 2.76 bits per heavy atom. The number of nitrogens with one attached hydrogen (secondary N) is 2. The molecule has 0 atom stereocenters. The second kappa shape index (κ2) is 7.25. The Morgan fingerprint density at radius 2 is 2.00 bits per heavy atom. The van der Waals surface area contributed by atoms with Crippen LogP contribution >= 0.6 is 0 Å². The van der Waals surface area contributed by atoms with Gasteiger partial charge in [0, 0.05) is 24.8 Å². The normalized spacial score (nSPS) is 12.1. The Labute approximate surface area is 145 Å².